The summed E-state index contributed by atoms with van der Waals surface area (Å²) < 4.78 is 1.90. The zero-order valence-corrected chi connectivity index (χ0v) is 11.4. The van der Waals surface area contributed by atoms with Crippen molar-refractivity contribution in [2.75, 3.05) is 6.54 Å². The van der Waals surface area contributed by atoms with Gasteiger partial charge in [0.1, 0.15) is 0 Å². The molecule has 0 aromatic carbocycles. The molecule has 1 aromatic rings. The lowest BCUT2D eigenvalue weighted by Gasteiger charge is -2.34. The van der Waals surface area contributed by atoms with Crippen molar-refractivity contribution in [1.29, 1.82) is 0 Å². The Balaban J connectivity index is 2.06. The van der Waals surface area contributed by atoms with E-state index in [1.807, 2.05) is 17.9 Å². The van der Waals surface area contributed by atoms with Crippen molar-refractivity contribution < 1.29 is 0 Å². The van der Waals surface area contributed by atoms with E-state index in [2.05, 4.69) is 30.3 Å². The van der Waals surface area contributed by atoms with Gasteiger partial charge in [0.15, 0.2) is 0 Å². The number of nitrogens with zero attached hydrogens (tertiary/aromatic N) is 2. The minimum atomic E-state index is 0.466. The molecule has 0 saturated heterocycles. The van der Waals surface area contributed by atoms with Crippen molar-refractivity contribution in [1.82, 2.24) is 15.1 Å². The van der Waals surface area contributed by atoms with Crippen molar-refractivity contribution in [3.05, 3.63) is 18.0 Å². The van der Waals surface area contributed by atoms with Crippen LogP contribution in [0.25, 0.3) is 0 Å². The van der Waals surface area contributed by atoms with E-state index in [4.69, 9.17) is 0 Å². The van der Waals surface area contributed by atoms with Crippen LogP contribution in [0, 0.1) is 5.41 Å². The van der Waals surface area contributed by atoms with Crippen LogP contribution >= 0.6 is 0 Å². The minimum Gasteiger partial charge on any atom is -0.313 e. The molecule has 1 aliphatic rings. The van der Waals surface area contributed by atoms with Crippen LogP contribution in [0.2, 0.25) is 0 Å². The molecule has 1 N–H and O–H groups in total. The Hall–Kier alpha value is -0.830. The van der Waals surface area contributed by atoms with Gasteiger partial charge in [-0.15, -0.1) is 0 Å². The van der Waals surface area contributed by atoms with E-state index in [9.17, 15) is 0 Å². The molecule has 1 fully saturated rings. The number of aryl methyl sites for hydroxylation is 1. The highest BCUT2D eigenvalue weighted by atomic mass is 15.2. The molecule has 0 aliphatic heterocycles. The third-order valence-corrected chi connectivity index (χ3v) is 4.22. The van der Waals surface area contributed by atoms with Crippen LogP contribution in [0.1, 0.15) is 45.2 Å². The number of nitrogens with one attached hydrogen (secondary N) is 1. The lowest BCUT2D eigenvalue weighted by Crippen LogP contribution is -2.43. The van der Waals surface area contributed by atoms with Gasteiger partial charge in [0, 0.05) is 25.7 Å². The molecular weight excluding hydrogens is 210 g/mol. The van der Waals surface area contributed by atoms with Crippen LogP contribution in [0.15, 0.2) is 12.3 Å². The third kappa shape index (κ3) is 2.89. The van der Waals surface area contributed by atoms with Crippen molar-refractivity contribution in [2.45, 2.75) is 52.0 Å². The quantitative estimate of drug-likeness (QED) is 0.850. The number of hydrogen-bond donors (Lipinski definition) is 1. The molecule has 0 bridgehead atoms. The average molecular weight is 235 g/mol. The van der Waals surface area contributed by atoms with E-state index >= 15 is 0 Å². The summed E-state index contributed by atoms with van der Waals surface area (Å²) in [4.78, 5) is 0. The van der Waals surface area contributed by atoms with Crippen LogP contribution in [0.3, 0.4) is 0 Å². The molecule has 0 spiro atoms. The van der Waals surface area contributed by atoms with Crippen LogP contribution < -0.4 is 5.32 Å². The lowest BCUT2D eigenvalue weighted by atomic mass is 9.78. The Bertz CT molecular complexity index is 350. The van der Waals surface area contributed by atoms with Crippen LogP contribution in [-0.2, 0) is 13.5 Å². The van der Waals surface area contributed by atoms with E-state index in [1.54, 1.807) is 0 Å². The summed E-state index contributed by atoms with van der Waals surface area (Å²) in [5, 5.41) is 8.19. The van der Waals surface area contributed by atoms with Crippen LogP contribution in [-0.4, -0.2) is 22.4 Å². The minimum absolute atomic E-state index is 0.466. The normalized spacial score (nSPS) is 20.6. The van der Waals surface area contributed by atoms with Gasteiger partial charge < -0.3 is 5.32 Å². The summed E-state index contributed by atoms with van der Waals surface area (Å²) in [6, 6.07) is 2.72. The molecule has 96 valence electrons. The summed E-state index contributed by atoms with van der Waals surface area (Å²) in [7, 11) is 1.99. The lowest BCUT2D eigenvalue weighted by molar-refractivity contribution is 0.220. The highest BCUT2D eigenvalue weighted by Gasteiger charge is 2.36. The smallest absolute Gasteiger partial charge is 0.0640 e. The Morgan fingerprint density at radius 3 is 2.71 bits per heavy atom. The van der Waals surface area contributed by atoms with Gasteiger partial charge in [-0.25, -0.2) is 0 Å². The van der Waals surface area contributed by atoms with E-state index in [0.717, 1.165) is 13.0 Å². The largest absolute Gasteiger partial charge is 0.313 e. The third-order valence-electron chi connectivity index (χ3n) is 4.22. The monoisotopic (exact) mass is 235 g/mol. The Morgan fingerprint density at radius 2 is 2.18 bits per heavy atom. The number of likely N-dealkylation sites (N-methyl/N-ethyl adjacent to an activating group) is 1. The Kier molecular flexibility index (Phi) is 3.87. The fourth-order valence-corrected chi connectivity index (χ4v) is 3.12. The van der Waals surface area contributed by atoms with Gasteiger partial charge in [0.25, 0.3) is 0 Å². The summed E-state index contributed by atoms with van der Waals surface area (Å²) in [5.74, 6) is 0. The highest BCUT2D eigenvalue weighted by molar-refractivity contribution is 5.05. The zero-order valence-electron chi connectivity index (χ0n) is 11.4. The second-order valence-corrected chi connectivity index (χ2v) is 5.66. The van der Waals surface area contributed by atoms with E-state index < -0.39 is 0 Å². The molecule has 3 nitrogen and oxygen atoms in total. The average Bonchev–Trinajstić information content (AvgIpc) is 2.88. The summed E-state index contributed by atoms with van der Waals surface area (Å²) in [5.41, 5.74) is 1.68. The first-order chi connectivity index (χ1) is 8.14. The van der Waals surface area contributed by atoms with Gasteiger partial charge in [-0.1, -0.05) is 26.7 Å². The van der Waals surface area contributed by atoms with Gasteiger partial charge >= 0.3 is 0 Å². The molecule has 2 rings (SSSR count). The van der Waals surface area contributed by atoms with Gasteiger partial charge in [-0.05, 0) is 30.9 Å². The van der Waals surface area contributed by atoms with Gasteiger partial charge in [-0.3, -0.25) is 4.68 Å². The maximum absolute atomic E-state index is 4.51. The SMILES string of the molecule is CCNC(Cc1ccn(C)n1)C1(C)CCCC1. The predicted molar refractivity (Wildman–Crippen MR) is 71.0 cm³/mol. The molecule has 1 aromatic heterocycles. The van der Waals surface area contributed by atoms with Crippen molar-refractivity contribution in [3.8, 4) is 0 Å². The highest BCUT2D eigenvalue weighted by Crippen LogP contribution is 2.41. The Labute approximate surface area is 105 Å². The number of aromatic nitrogens is 2. The van der Waals surface area contributed by atoms with Crippen molar-refractivity contribution >= 4 is 0 Å². The van der Waals surface area contributed by atoms with Crippen molar-refractivity contribution in [3.63, 3.8) is 0 Å². The summed E-state index contributed by atoms with van der Waals surface area (Å²) >= 11 is 0. The van der Waals surface area contributed by atoms with Crippen molar-refractivity contribution in [2.24, 2.45) is 12.5 Å². The second kappa shape index (κ2) is 5.21. The van der Waals surface area contributed by atoms with Crippen LogP contribution in [0.5, 0.6) is 0 Å². The molecule has 0 amide bonds. The standard InChI is InChI=1S/C14H25N3/c1-4-15-13(14(2)8-5-6-9-14)11-12-7-10-17(3)16-12/h7,10,13,15H,4-6,8-9,11H2,1-3H3. The molecule has 1 saturated carbocycles. The fraction of sp³-hybridized carbons (Fsp3) is 0.786. The van der Waals surface area contributed by atoms with E-state index in [0.29, 0.717) is 11.5 Å². The first kappa shape index (κ1) is 12.6. The summed E-state index contributed by atoms with van der Waals surface area (Å²) in [6.45, 7) is 5.69. The molecule has 1 aliphatic carbocycles. The maximum Gasteiger partial charge on any atom is 0.0640 e. The van der Waals surface area contributed by atoms with Gasteiger partial charge in [0.05, 0.1) is 5.69 Å². The first-order valence-corrected chi connectivity index (χ1v) is 6.86. The van der Waals surface area contributed by atoms with Gasteiger partial charge in [-0.2, -0.15) is 5.10 Å². The van der Waals surface area contributed by atoms with E-state index in [1.165, 1.54) is 31.4 Å². The van der Waals surface area contributed by atoms with Crippen LogP contribution in [0.4, 0.5) is 0 Å². The topological polar surface area (TPSA) is 29.9 Å². The molecular formula is C14H25N3. The summed E-state index contributed by atoms with van der Waals surface area (Å²) in [6.07, 6.45) is 8.59. The molecule has 1 heterocycles. The number of rotatable bonds is 5. The molecule has 1 unspecified atom stereocenters. The first-order valence-electron chi connectivity index (χ1n) is 6.86. The maximum atomic E-state index is 4.51. The molecule has 17 heavy (non-hydrogen) atoms. The van der Waals surface area contributed by atoms with E-state index in [-0.39, 0.29) is 0 Å². The number of hydrogen-bond acceptors (Lipinski definition) is 2. The molecule has 0 radical (unpaired) electrons. The Morgan fingerprint density at radius 1 is 1.47 bits per heavy atom. The molecule has 1 atom stereocenters. The fourth-order valence-electron chi connectivity index (χ4n) is 3.12. The predicted octanol–water partition coefficient (Wildman–Crippen LogP) is 2.52. The second-order valence-electron chi connectivity index (χ2n) is 5.66. The molecule has 3 heteroatoms. The zero-order chi connectivity index (χ0) is 12.3. The van der Waals surface area contributed by atoms with Gasteiger partial charge in [0.2, 0.25) is 0 Å².